The van der Waals surface area contributed by atoms with Crippen molar-refractivity contribution in [3.63, 3.8) is 0 Å². The number of carbonyl (C=O) groups is 2. The Bertz CT molecular complexity index is 899. The van der Waals surface area contributed by atoms with E-state index in [0.717, 1.165) is 25.0 Å². The highest BCUT2D eigenvalue weighted by Crippen LogP contribution is 2.34. The van der Waals surface area contributed by atoms with Crippen molar-refractivity contribution < 1.29 is 19.2 Å². The molecule has 122 valence electrons. The summed E-state index contributed by atoms with van der Waals surface area (Å²) in [5.41, 5.74) is 1.23. The van der Waals surface area contributed by atoms with Gasteiger partial charge in [-0.1, -0.05) is 12.1 Å². The number of hydrogen-bond donors (Lipinski definition) is 1. The summed E-state index contributed by atoms with van der Waals surface area (Å²) in [6.07, 6.45) is 2.58. The predicted molar refractivity (Wildman–Crippen MR) is 85.1 cm³/mol. The molecule has 2 aliphatic rings. The highest BCUT2D eigenvalue weighted by atomic mass is 16.6. The number of nitrogens with one attached hydrogen (secondary N) is 1. The normalized spacial score (nSPS) is 19.6. The second-order valence-corrected chi connectivity index (χ2v) is 6.07. The molecule has 0 radical (unpaired) electrons. The van der Waals surface area contributed by atoms with Gasteiger partial charge in [-0.2, -0.15) is 0 Å². The molecule has 2 aliphatic heterocycles. The van der Waals surface area contributed by atoms with Crippen LogP contribution in [0.5, 0.6) is 0 Å². The molecule has 1 fully saturated rings. The lowest BCUT2D eigenvalue weighted by atomic mass is 9.89. The van der Waals surface area contributed by atoms with Crippen LogP contribution in [-0.2, 0) is 11.2 Å². The first kappa shape index (κ1) is 14.8. The maximum Gasteiger partial charge on any atom is 0.270 e. The molecule has 4 rings (SSSR count). The number of nitro groups is 1. The highest BCUT2D eigenvalue weighted by Gasteiger charge is 2.30. The summed E-state index contributed by atoms with van der Waals surface area (Å²) in [4.78, 5) is 35.1. The number of non-ortho nitro benzene ring substituents is 1. The largest absolute Gasteiger partial charge is 0.378 e. The maximum atomic E-state index is 12.4. The van der Waals surface area contributed by atoms with Gasteiger partial charge in [0.25, 0.3) is 17.5 Å². The number of amides is 2. The van der Waals surface area contributed by atoms with E-state index < -0.39 is 16.7 Å². The molecule has 2 aromatic carbocycles. The zero-order valence-corrected chi connectivity index (χ0v) is 12.7. The topological polar surface area (TPSA) is 98.5 Å². The second kappa shape index (κ2) is 5.38. The Kier molecular flexibility index (Phi) is 3.31. The third-order valence-electron chi connectivity index (χ3n) is 4.57. The summed E-state index contributed by atoms with van der Waals surface area (Å²) in [6.45, 7) is 0.718. The van der Waals surface area contributed by atoms with Gasteiger partial charge in [0.15, 0.2) is 0 Å². The van der Waals surface area contributed by atoms with Crippen LogP contribution in [0.15, 0.2) is 24.3 Å². The number of hydrogen-bond acceptors (Lipinski definition) is 5. The van der Waals surface area contributed by atoms with Crippen molar-refractivity contribution in [2.45, 2.75) is 25.4 Å². The Labute approximate surface area is 136 Å². The number of rotatable bonds is 3. The lowest BCUT2D eigenvalue weighted by Gasteiger charge is -2.20. The number of nitro benzene ring substituents is 1. The summed E-state index contributed by atoms with van der Waals surface area (Å²) in [6, 6.07) is 6.14. The van der Waals surface area contributed by atoms with E-state index in [1.807, 2.05) is 0 Å². The first-order valence-corrected chi connectivity index (χ1v) is 7.76. The molecule has 2 aromatic rings. The lowest BCUT2D eigenvalue weighted by Crippen LogP contribution is -2.36. The minimum absolute atomic E-state index is 0.0608. The third kappa shape index (κ3) is 2.25. The zero-order chi connectivity index (χ0) is 16.8. The first-order valence-electron chi connectivity index (χ1n) is 7.76. The standard InChI is InChI=1S/C17H14N2O5/c20-16-13-8-11(19(22)23)6-9-3-4-10(7-12-2-1-5-24-12)15(14(9)13)17(21)18-16/h3-4,6,8,12H,1-2,5,7H2,(H,18,20,21). The highest BCUT2D eigenvalue weighted by molar-refractivity contribution is 6.26. The van der Waals surface area contributed by atoms with Crippen LogP contribution in [0.4, 0.5) is 5.69 Å². The van der Waals surface area contributed by atoms with E-state index >= 15 is 0 Å². The van der Waals surface area contributed by atoms with Crippen LogP contribution in [0.2, 0.25) is 0 Å². The van der Waals surface area contributed by atoms with E-state index in [2.05, 4.69) is 5.32 Å². The number of imide groups is 1. The van der Waals surface area contributed by atoms with E-state index in [1.54, 1.807) is 12.1 Å². The van der Waals surface area contributed by atoms with Gasteiger partial charge in [-0.05, 0) is 30.2 Å². The molecule has 0 aromatic heterocycles. The van der Waals surface area contributed by atoms with Crippen molar-refractivity contribution in [3.8, 4) is 0 Å². The van der Waals surface area contributed by atoms with Crippen molar-refractivity contribution in [2.24, 2.45) is 0 Å². The quantitative estimate of drug-likeness (QED) is 0.530. The van der Waals surface area contributed by atoms with Gasteiger partial charge in [-0.3, -0.25) is 25.0 Å². The minimum Gasteiger partial charge on any atom is -0.378 e. The van der Waals surface area contributed by atoms with Crippen molar-refractivity contribution in [2.75, 3.05) is 6.61 Å². The maximum absolute atomic E-state index is 12.4. The summed E-state index contributed by atoms with van der Waals surface area (Å²) < 4.78 is 5.64. The fourth-order valence-electron chi connectivity index (χ4n) is 3.49. The van der Waals surface area contributed by atoms with Gasteiger partial charge in [-0.25, -0.2) is 0 Å². The number of nitrogens with zero attached hydrogens (tertiary/aromatic N) is 1. The monoisotopic (exact) mass is 326 g/mol. The lowest BCUT2D eigenvalue weighted by molar-refractivity contribution is -0.384. The van der Waals surface area contributed by atoms with Crippen LogP contribution < -0.4 is 5.32 Å². The fraction of sp³-hybridized carbons (Fsp3) is 0.294. The number of carbonyl (C=O) groups excluding carboxylic acids is 2. The van der Waals surface area contributed by atoms with Crippen LogP contribution in [0, 0.1) is 10.1 Å². The van der Waals surface area contributed by atoms with Gasteiger partial charge in [-0.15, -0.1) is 0 Å². The van der Waals surface area contributed by atoms with Crippen molar-refractivity contribution in [1.29, 1.82) is 0 Å². The third-order valence-corrected chi connectivity index (χ3v) is 4.57. The van der Waals surface area contributed by atoms with E-state index in [1.165, 1.54) is 12.1 Å². The molecule has 0 aliphatic carbocycles. The van der Waals surface area contributed by atoms with E-state index in [9.17, 15) is 19.7 Å². The van der Waals surface area contributed by atoms with Gasteiger partial charge in [0.05, 0.1) is 22.2 Å². The first-order chi connectivity index (χ1) is 11.5. The molecule has 0 bridgehead atoms. The van der Waals surface area contributed by atoms with Gasteiger partial charge >= 0.3 is 0 Å². The Morgan fingerprint density at radius 1 is 1.25 bits per heavy atom. The average Bonchev–Trinajstić information content (AvgIpc) is 3.05. The molecule has 2 amide bonds. The molecule has 1 saturated heterocycles. The van der Waals surface area contributed by atoms with Crippen molar-refractivity contribution in [1.82, 2.24) is 5.32 Å². The van der Waals surface area contributed by atoms with Crippen LogP contribution in [0.1, 0.15) is 39.1 Å². The Hall–Kier alpha value is -2.80. The van der Waals surface area contributed by atoms with Crippen LogP contribution in [-0.4, -0.2) is 29.4 Å². The van der Waals surface area contributed by atoms with Crippen LogP contribution in [0.3, 0.4) is 0 Å². The van der Waals surface area contributed by atoms with Crippen LogP contribution >= 0.6 is 0 Å². The molecule has 0 saturated carbocycles. The zero-order valence-electron chi connectivity index (χ0n) is 12.7. The molecule has 1 atom stereocenters. The SMILES string of the molecule is O=C1NC(=O)c2c(CC3CCCO3)ccc3cc([N+](=O)[O-])cc1c23. The van der Waals surface area contributed by atoms with E-state index in [4.69, 9.17) is 4.74 Å². The second-order valence-electron chi connectivity index (χ2n) is 6.07. The molecule has 7 heteroatoms. The Morgan fingerprint density at radius 3 is 2.79 bits per heavy atom. The molecular formula is C17H14N2O5. The van der Waals surface area contributed by atoms with Gasteiger partial charge in [0, 0.05) is 24.1 Å². The van der Waals surface area contributed by atoms with Crippen molar-refractivity contribution in [3.05, 3.63) is 51.1 Å². The predicted octanol–water partition coefficient (Wildman–Crippen LogP) is 2.35. The van der Waals surface area contributed by atoms with Gasteiger partial charge < -0.3 is 4.74 Å². The summed E-state index contributed by atoms with van der Waals surface area (Å²) in [5.74, 6) is -1.06. The molecule has 0 spiro atoms. The van der Waals surface area contributed by atoms with Gasteiger partial charge in [0.1, 0.15) is 0 Å². The fourth-order valence-corrected chi connectivity index (χ4v) is 3.49. The Morgan fingerprint density at radius 2 is 2.08 bits per heavy atom. The number of benzene rings is 2. The van der Waals surface area contributed by atoms with E-state index in [-0.39, 0.29) is 17.4 Å². The Balaban J connectivity index is 1.94. The summed E-state index contributed by atoms with van der Waals surface area (Å²) in [5, 5.41) is 14.4. The van der Waals surface area contributed by atoms with Crippen molar-refractivity contribution >= 4 is 28.3 Å². The average molecular weight is 326 g/mol. The molecule has 7 nitrogen and oxygen atoms in total. The summed E-state index contributed by atoms with van der Waals surface area (Å²) >= 11 is 0. The van der Waals surface area contributed by atoms with Crippen LogP contribution in [0.25, 0.3) is 10.8 Å². The summed E-state index contributed by atoms with van der Waals surface area (Å²) in [7, 11) is 0. The smallest absolute Gasteiger partial charge is 0.270 e. The van der Waals surface area contributed by atoms with Gasteiger partial charge in [0.2, 0.25) is 0 Å². The minimum atomic E-state index is -0.601. The molecule has 2 heterocycles. The molecular weight excluding hydrogens is 312 g/mol. The molecule has 1 N–H and O–H groups in total. The molecule has 24 heavy (non-hydrogen) atoms. The number of ether oxygens (including phenoxy) is 1. The molecule has 1 unspecified atom stereocenters. The van der Waals surface area contributed by atoms with E-state index in [0.29, 0.717) is 22.8 Å².